The summed E-state index contributed by atoms with van der Waals surface area (Å²) >= 11 is 1.51. The van der Waals surface area contributed by atoms with Gasteiger partial charge in [0.1, 0.15) is 18.5 Å². The lowest BCUT2D eigenvalue weighted by atomic mass is 9.91. The van der Waals surface area contributed by atoms with Crippen molar-refractivity contribution in [3.63, 3.8) is 0 Å². The van der Waals surface area contributed by atoms with Gasteiger partial charge in [0.05, 0.1) is 12.6 Å². The van der Waals surface area contributed by atoms with Crippen LogP contribution in [0.15, 0.2) is 41.1 Å². The highest BCUT2D eigenvalue weighted by atomic mass is 32.1. The lowest BCUT2D eigenvalue weighted by Crippen LogP contribution is -2.48. The Morgan fingerprint density at radius 1 is 1.12 bits per heavy atom. The number of ketones is 1. The first-order chi connectivity index (χ1) is 12.7. The van der Waals surface area contributed by atoms with Gasteiger partial charge in [0.15, 0.2) is 5.78 Å². The highest BCUT2D eigenvalue weighted by Crippen LogP contribution is 2.29. The highest BCUT2D eigenvalue weighted by Gasteiger charge is 2.37. The first kappa shape index (κ1) is 17.1. The molecule has 2 heterocycles. The molecule has 26 heavy (non-hydrogen) atoms. The van der Waals surface area contributed by atoms with Gasteiger partial charge in [-0.2, -0.15) is 11.3 Å². The summed E-state index contributed by atoms with van der Waals surface area (Å²) in [5.41, 5.74) is 1.36. The van der Waals surface area contributed by atoms with E-state index in [0.29, 0.717) is 24.3 Å². The molecule has 0 unspecified atom stereocenters. The number of hydrogen-bond donors (Lipinski definition) is 0. The quantitative estimate of drug-likeness (QED) is 0.742. The van der Waals surface area contributed by atoms with Crippen molar-refractivity contribution in [2.45, 2.75) is 37.8 Å². The van der Waals surface area contributed by atoms with E-state index < -0.39 is 0 Å². The van der Waals surface area contributed by atoms with E-state index in [4.69, 9.17) is 9.47 Å². The zero-order valence-electron chi connectivity index (χ0n) is 14.4. The zero-order valence-corrected chi connectivity index (χ0v) is 15.2. The third-order valence-electron chi connectivity index (χ3n) is 5.05. The summed E-state index contributed by atoms with van der Waals surface area (Å²) in [6.45, 7) is 1.10. The van der Waals surface area contributed by atoms with Crippen molar-refractivity contribution in [3.8, 4) is 5.75 Å². The summed E-state index contributed by atoms with van der Waals surface area (Å²) in [4.78, 5) is 26.1. The smallest absolute Gasteiger partial charge is 0.410 e. The summed E-state index contributed by atoms with van der Waals surface area (Å²) < 4.78 is 11.3. The van der Waals surface area contributed by atoms with Crippen LogP contribution in [-0.2, 0) is 4.74 Å². The first-order valence-corrected chi connectivity index (χ1v) is 9.94. The van der Waals surface area contributed by atoms with E-state index in [1.165, 1.54) is 11.3 Å². The molecule has 5 nitrogen and oxygen atoms in total. The van der Waals surface area contributed by atoms with Gasteiger partial charge in [-0.15, -0.1) is 0 Å². The van der Waals surface area contributed by atoms with E-state index in [-0.39, 0.29) is 24.0 Å². The van der Waals surface area contributed by atoms with Gasteiger partial charge in [0, 0.05) is 16.5 Å². The second kappa shape index (κ2) is 7.50. The maximum Gasteiger partial charge on any atom is 0.410 e. The number of ether oxygens (including phenoxy) is 2. The van der Waals surface area contributed by atoms with E-state index in [2.05, 4.69) is 0 Å². The third-order valence-corrected chi connectivity index (χ3v) is 5.73. The largest absolute Gasteiger partial charge is 0.488 e. The second-order valence-corrected chi connectivity index (χ2v) is 7.46. The molecule has 1 aliphatic carbocycles. The third kappa shape index (κ3) is 3.46. The maximum atomic E-state index is 12.4. The van der Waals surface area contributed by atoms with Crippen LogP contribution in [0.3, 0.4) is 0 Å². The number of amides is 1. The van der Waals surface area contributed by atoms with Crippen LogP contribution in [0, 0.1) is 0 Å². The van der Waals surface area contributed by atoms with Gasteiger partial charge in [-0.25, -0.2) is 4.79 Å². The molecule has 4 rings (SSSR count). The molecule has 1 amide bonds. The highest BCUT2D eigenvalue weighted by molar-refractivity contribution is 7.08. The van der Waals surface area contributed by atoms with E-state index in [0.717, 1.165) is 31.4 Å². The molecule has 1 saturated carbocycles. The Hall–Kier alpha value is -2.34. The summed E-state index contributed by atoms with van der Waals surface area (Å²) in [6.07, 6.45) is 3.79. The monoisotopic (exact) mass is 371 g/mol. The fraction of sp³-hybridized carbons (Fsp3) is 0.400. The standard InChI is InChI=1S/C20H21NO4S/c22-19(15-9-12-26-13-15)14-5-7-16(8-6-14)25-18-4-2-1-3-17(18)21-10-11-24-20(21)23/h5-9,12-13,17-18H,1-4,10-11H2/t17-,18-/m1/s1. The Labute approximate surface area is 156 Å². The Kier molecular flexibility index (Phi) is 4.93. The molecule has 6 heteroatoms. The van der Waals surface area contributed by atoms with Crippen LogP contribution < -0.4 is 4.74 Å². The SMILES string of the molecule is O=C(c1ccc(O[C@@H]2CCCC[C@H]2N2CCOC2=O)cc1)c1ccsc1. The number of carbonyl (C=O) groups excluding carboxylic acids is 2. The average Bonchev–Trinajstić information content (AvgIpc) is 3.34. The van der Waals surface area contributed by atoms with Crippen LogP contribution in [0.1, 0.15) is 41.6 Å². The second-order valence-electron chi connectivity index (χ2n) is 6.68. The number of carbonyl (C=O) groups is 2. The van der Waals surface area contributed by atoms with Crippen molar-refractivity contribution >= 4 is 23.2 Å². The molecule has 1 aromatic carbocycles. The summed E-state index contributed by atoms with van der Waals surface area (Å²) in [5.74, 6) is 0.754. The topological polar surface area (TPSA) is 55.8 Å². The number of thiophene rings is 1. The lowest BCUT2D eigenvalue weighted by Gasteiger charge is -2.36. The molecule has 0 bridgehead atoms. The van der Waals surface area contributed by atoms with Crippen LogP contribution >= 0.6 is 11.3 Å². The molecule has 1 aliphatic heterocycles. The average molecular weight is 371 g/mol. The molecule has 0 radical (unpaired) electrons. The van der Waals surface area contributed by atoms with Gasteiger partial charge < -0.3 is 9.47 Å². The number of hydrogen-bond acceptors (Lipinski definition) is 5. The Morgan fingerprint density at radius 3 is 2.62 bits per heavy atom. The Bertz CT molecular complexity index is 772. The summed E-state index contributed by atoms with van der Waals surface area (Å²) in [7, 11) is 0. The van der Waals surface area contributed by atoms with Gasteiger partial charge in [-0.1, -0.05) is 6.42 Å². The number of benzene rings is 1. The minimum absolute atomic E-state index is 0.0214. The van der Waals surface area contributed by atoms with Crippen LogP contribution in [0.2, 0.25) is 0 Å². The van der Waals surface area contributed by atoms with Crippen LogP contribution in [-0.4, -0.2) is 42.1 Å². The van der Waals surface area contributed by atoms with Gasteiger partial charge in [-0.3, -0.25) is 9.69 Å². The minimum atomic E-state index is -0.234. The lowest BCUT2D eigenvalue weighted by molar-refractivity contribution is 0.0572. The molecule has 136 valence electrons. The van der Waals surface area contributed by atoms with E-state index in [9.17, 15) is 9.59 Å². The van der Waals surface area contributed by atoms with Crippen molar-refractivity contribution in [1.29, 1.82) is 0 Å². The summed E-state index contributed by atoms with van der Waals surface area (Å²) in [5, 5.41) is 3.76. The first-order valence-electron chi connectivity index (χ1n) is 8.99. The van der Waals surface area contributed by atoms with Gasteiger partial charge in [0.2, 0.25) is 0 Å². The van der Waals surface area contributed by atoms with Crippen molar-refractivity contribution in [3.05, 3.63) is 52.2 Å². The molecule has 2 aromatic rings. The van der Waals surface area contributed by atoms with Crippen molar-refractivity contribution in [1.82, 2.24) is 4.90 Å². The van der Waals surface area contributed by atoms with Gasteiger partial charge in [0.25, 0.3) is 0 Å². The van der Waals surface area contributed by atoms with Crippen molar-refractivity contribution in [2.24, 2.45) is 0 Å². The fourth-order valence-corrected chi connectivity index (χ4v) is 4.33. The van der Waals surface area contributed by atoms with Crippen molar-refractivity contribution < 1.29 is 19.1 Å². The molecular weight excluding hydrogens is 350 g/mol. The van der Waals surface area contributed by atoms with Crippen LogP contribution in [0.25, 0.3) is 0 Å². The molecule has 2 aliphatic rings. The van der Waals surface area contributed by atoms with Crippen LogP contribution in [0.4, 0.5) is 4.79 Å². The molecule has 1 saturated heterocycles. The van der Waals surface area contributed by atoms with Gasteiger partial charge in [-0.05, 0) is 55.0 Å². The molecule has 1 aromatic heterocycles. The van der Waals surface area contributed by atoms with Crippen molar-refractivity contribution in [2.75, 3.05) is 13.2 Å². The Balaban J connectivity index is 1.45. The molecular formula is C20H21NO4S. The number of cyclic esters (lactones) is 1. The van der Waals surface area contributed by atoms with Crippen LogP contribution in [0.5, 0.6) is 5.75 Å². The van der Waals surface area contributed by atoms with Gasteiger partial charge >= 0.3 is 6.09 Å². The minimum Gasteiger partial charge on any atom is -0.488 e. The maximum absolute atomic E-state index is 12.4. The van der Waals surface area contributed by atoms with E-state index in [1.54, 1.807) is 17.0 Å². The normalized spacial score (nSPS) is 22.9. The van der Waals surface area contributed by atoms with E-state index >= 15 is 0 Å². The predicted molar refractivity (Wildman–Crippen MR) is 98.9 cm³/mol. The molecule has 2 fully saturated rings. The molecule has 0 N–H and O–H groups in total. The summed E-state index contributed by atoms with van der Waals surface area (Å²) in [6, 6.07) is 9.18. The fourth-order valence-electron chi connectivity index (χ4n) is 3.70. The van der Waals surface area contributed by atoms with E-state index in [1.807, 2.05) is 29.0 Å². The number of nitrogens with zero attached hydrogens (tertiary/aromatic N) is 1. The zero-order chi connectivity index (χ0) is 17.9. The number of rotatable bonds is 5. The molecule has 2 atom stereocenters. The molecule has 0 spiro atoms. The predicted octanol–water partition coefficient (Wildman–Crippen LogP) is 4.12. The Morgan fingerprint density at radius 2 is 1.92 bits per heavy atom.